The molecule has 0 fully saturated rings. The first-order chi connectivity index (χ1) is 19.6. The Balaban J connectivity index is 1.85. The normalized spacial score (nSPS) is 17.7. The Morgan fingerprint density at radius 1 is 0.634 bits per heavy atom. The highest BCUT2D eigenvalue weighted by Crippen LogP contribution is 2.29. The molecule has 6 heteroatoms. The molecule has 2 aromatic rings. The standard InChI is InChI=1S/C35H46N4O2/c1-9-13-24-20(5)28(17-30-22(7)27(16-12-4)35(41)38-30)36-31(24)19-32-25(14-10-2)21(6)29(37-32)18-33-26(15-11-3)23(8)34(40)39-33/h17-19,36-37H,9-16H2,1-8H3,(H,39,40)/b28-17?,31-19+,33-18-. The van der Waals surface area contributed by atoms with E-state index in [1.54, 1.807) is 0 Å². The molecule has 41 heavy (non-hydrogen) atoms. The van der Waals surface area contributed by atoms with E-state index in [0.29, 0.717) is 0 Å². The molecule has 2 aliphatic heterocycles. The molecule has 0 saturated heterocycles. The number of H-pyrrole nitrogens is 2. The van der Waals surface area contributed by atoms with Gasteiger partial charge < -0.3 is 15.3 Å². The van der Waals surface area contributed by atoms with Crippen molar-refractivity contribution in [3.05, 3.63) is 72.3 Å². The molecule has 2 amide bonds. The minimum absolute atomic E-state index is 0.000196. The summed E-state index contributed by atoms with van der Waals surface area (Å²) in [6.45, 7) is 16.9. The van der Waals surface area contributed by atoms with Crippen LogP contribution in [0.25, 0.3) is 18.2 Å². The van der Waals surface area contributed by atoms with E-state index in [9.17, 15) is 9.59 Å². The Bertz CT molecular complexity index is 1620. The molecule has 218 valence electrons. The fraction of sp³-hybridized carbons (Fsp3) is 0.457. The Labute approximate surface area is 244 Å². The van der Waals surface area contributed by atoms with Crippen LogP contribution in [0.15, 0.2) is 33.0 Å². The zero-order valence-corrected chi connectivity index (χ0v) is 26.2. The predicted molar refractivity (Wildman–Crippen MR) is 170 cm³/mol. The lowest BCUT2D eigenvalue weighted by Gasteiger charge is -2.05. The van der Waals surface area contributed by atoms with Gasteiger partial charge >= 0.3 is 0 Å². The first-order valence-electron chi connectivity index (χ1n) is 15.3. The number of carbonyl (C=O) groups is 2. The molecule has 0 spiro atoms. The Morgan fingerprint density at radius 2 is 1.27 bits per heavy atom. The zero-order valence-electron chi connectivity index (χ0n) is 26.2. The summed E-state index contributed by atoms with van der Waals surface area (Å²) in [6, 6.07) is 0. The summed E-state index contributed by atoms with van der Waals surface area (Å²) < 4.78 is 0. The number of hydrogen-bond donors (Lipinski definition) is 3. The van der Waals surface area contributed by atoms with Crippen molar-refractivity contribution in [2.24, 2.45) is 4.99 Å². The van der Waals surface area contributed by atoms with Gasteiger partial charge in [-0.15, -0.1) is 0 Å². The van der Waals surface area contributed by atoms with Crippen LogP contribution in [-0.4, -0.2) is 27.5 Å². The minimum Gasteiger partial charge on any atom is -0.355 e. The number of nitrogens with one attached hydrogen (secondary N) is 3. The fourth-order valence-electron chi connectivity index (χ4n) is 6.05. The van der Waals surface area contributed by atoms with Gasteiger partial charge in [0.2, 0.25) is 0 Å². The van der Waals surface area contributed by atoms with E-state index in [2.05, 4.69) is 74.0 Å². The lowest BCUT2D eigenvalue weighted by atomic mass is 10.0. The van der Waals surface area contributed by atoms with Gasteiger partial charge in [0, 0.05) is 38.9 Å². The van der Waals surface area contributed by atoms with Crippen LogP contribution >= 0.6 is 0 Å². The number of hydrogen-bond acceptors (Lipinski definition) is 2. The summed E-state index contributed by atoms with van der Waals surface area (Å²) in [5, 5.41) is 5.17. The SMILES string of the molecule is CCCC1=C(C)C(C=c2[nH]/c(=C/c3[nH]c(/C=C4\NC(=O)C(C)=C4CCC)c(C)c3CCC)c(CCC)c2C)=NC1=O. The molecular weight excluding hydrogens is 508 g/mol. The summed E-state index contributed by atoms with van der Waals surface area (Å²) in [5.74, 6) is -0.0986. The molecule has 0 radical (unpaired) electrons. The third-order valence-corrected chi connectivity index (χ3v) is 8.44. The summed E-state index contributed by atoms with van der Waals surface area (Å²) >= 11 is 0. The number of allylic oxidation sites excluding steroid dienone is 2. The average molecular weight is 555 g/mol. The lowest BCUT2D eigenvalue weighted by molar-refractivity contribution is -0.116. The van der Waals surface area contributed by atoms with Crippen LogP contribution in [0, 0.1) is 13.8 Å². The molecule has 0 bridgehead atoms. The van der Waals surface area contributed by atoms with Crippen LogP contribution in [0.5, 0.6) is 0 Å². The van der Waals surface area contributed by atoms with E-state index in [4.69, 9.17) is 0 Å². The maximum absolute atomic E-state index is 12.5. The van der Waals surface area contributed by atoms with E-state index < -0.39 is 0 Å². The van der Waals surface area contributed by atoms with E-state index in [1.807, 2.05) is 19.9 Å². The van der Waals surface area contributed by atoms with Crippen LogP contribution in [0.4, 0.5) is 0 Å². The van der Waals surface area contributed by atoms with Crippen LogP contribution < -0.4 is 16.0 Å². The molecule has 0 saturated carbocycles. The van der Waals surface area contributed by atoms with Crippen molar-refractivity contribution >= 4 is 35.8 Å². The molecule has 3 N–H and O–H groups in total. The molecular formula is C35H46N4O2. The fourth-order valence-corrected chi connectivity index (χ4v) is 6.05. The highest BCUT2D eigenvalue weighted by molar-refractivity contribution is 6.30. The zero-order chi connectivity index (χ0) is 29.8. The molecule has 0 atom stereocenters. The highest BCUT2D eigenvalue weighted by atomic mass is 16.2. The molecule has 0 unspecified atom stereocenters. The van der Waals surface area contributed by atoms with Crippen molar-refractivity contribution in [1.29, 1.82) is 0 Å². The topological polar surface area (TPSA) is 90.1 Å². The summed E-state index contributed by atoms with van der Waals surface area (Å²) in [7, 11) is 0. The molecule has 0 aromatic carbocycles. The number of carbonyl (C=O) groups excluding carboxylic acids is 2. The number of aromatic amines is 2. The smallest absolute Gasteiger partial charge is 0.273 e. The van der Waals surface area contributed by atoms with E-state index in [1.165, 1.54) is 22.3 Å². The van der Waals surface area contributed by atoms with Crippen molar-refractivity contribution in [2.45, 2.75) is 107 Å². The predicted octanol–water partition coefficient (Wildman–Crippen LogP) is 6.16. The number of aromatic nitrogens is 2. The maximum atomic E-state index is 12.5. The van der Waals surface area contributed by atoms with Gasteiger partial charge in [-0.1, -0.05) is 53.4 Å². The van der Waals surface area contributed by atoms with Crippen LogP contribution in [0.2, 0.25) is 0 Å². The van der Waals surface area contributed by atoms with Crippen molar-refractivity contribution < 1.29 is 9.59 Å². The summed E-state index contributed by atoms with van der Waals surface area (Å²) in [5.41, 5.74) is 12.6. The van der Waals surface area contributed by atoms with Gasteiger partial charge in [-0.3, -0.25) is 9.59 Å². The van der Waals surface area contributed by atoms with Crippen LogP contribution in [0.3, 0.4) is 0 Å². The van der Waals surface area contributed by atoms with Gasteiger partial charge in [-0.05, 0) is 105 Å². The highest BCUT2D eigenvalue weighted by Gasteiger charge is 2.24. The second kappa shape index (κ2) is 12.9. The van der Waals surface area contributed by atoms with E-state index >= 15 is 0 Å². The number of amides is 2. The van der Waals surface area contributed by atoms with Gasteiger partial charge in [-0.2, -0.15) is 0 Å². The first kappa shape index (κ1) is 30.3. The largest absolute Gasteiger partial charge is 0.355 e. The monoisotopic (exact) mass is 554 g/mol. The number of nitrogens with zero attached hydrogens (tertiary/aromatic N) is 1. The minimum atomic E-state index is -0.0984. The third kappa shape index (κ3) is 6.02. The van der Waals surface area contributed by atoms with E-state index in [-0.39, 0.29) is 11.8 Å². The number of rotatable bonds is 11. The van der Waals surface area contributed by atoms with Gasteiger partial charge in [0.1, 0.15) is 0 Å². The molecule has 4 heterocycles. The molecule has 2 aromatic heterocycles. The van der Waals surface area contributed by atoms with Gasteiger partial charge in [0.15, 0.2) is 0 Å². The average Bonchev–Trinajstić information content (AvgIpc) is 3.57. The molecule has 6 nitrogen and oxygen atoms in total. The molecule has 4 rings (SSSR count). The quantitative estimate of drug-likeness (QED) is 0.311. The van der Waals surface area contributed by atoms with Gasteiger partial charge in [0.25, 0.3) is 11.8 Å². The molecule has 2 aliphatic rings. The Morgan fingerprint density at radius 3 is 1.93 bits per heavy atom. The Kier molecular flexibility index (Phi) is 9.52. The molecule has 0 aliphatic carbocycles. The second-order valence-electron chi connectivity index (χ2n) is 11.4. The van der Waals surface area contributed by atoms with Crippen LogP contribution in [-0.2, 0) is 22.4 Å². The van der Waals surface area contributed by atoms with Crippen molar-refractivity contribution in [3.63, 3.8) is 0 Å². The van der Waals surface area contributed by atoms with Crippen molar-refractivity contribution in [1.82, 2.24) is 15.3 Å². The third-order valence-electron chi connectivity index (χ3n) is 8.44. The maximum Gasteiger partial charge on any atom is 0.273 e. The second-order valence-corrected chi connectivity index (χ2v) is 11.4. The van der Waals surface area contributed by atoms with Crippen LogP contribution in [0.1, 0.15) is 114 Å². The Hall–Kier alpha value is -3.67. The van der Waals surface area contributed by atoms with E-state index in [0.717, 1.165) is 107 Å². The summed E-state index contributed by atoms with van der Waals surface area (Å²) in [6.07, 6.45) is 13.9. The number of aliphatic imine (C=N–C) groups is 1. The lowest BCUT2D eigenvalue weighted by Crippen LogP contribution is -2.15. The van der Waals surface area contributed by atoms with Gasteiger partial charge in [-0.25, -0.2) is 4.99 Å². The first-order valence-corrected chi connectivity index (χ1v) is 15.3. The van der Waals surface area contributed by atoms with Crippen molar-refractivity contribution in [2.75, 3.05) is 0 Å². The summed E-state index contributed by atoms with van der Waals surface area (Å²) in [4.78, 5) is 36.7. The van der Waals surface area contributed by atoms with Gasteiger partial charge in [0.05, 0.1) is 5.71 Å². The van der Waals surface area contributed by atoms with Crippen molar-refractivity contribution in [3.8, 4) is 0 Å².